The van der Waals surface area contributed by atoms with Crippen molar-refractivity contribution in [3.63, 3.8) is 0 Å². The number of hydrogen-bond acceptors (Lipinski definition) is 5. The summed E-state index contributed by atoms with van der Waals surface area (Å²) in [6, 6.07) is 13.0. The van der Waals surface area contributed by atoms with Gasteiger partial charge in [-0.05, 0) is 36.8 Å². The number of carbonyl (C=O) groups excluding carboxylic acids is 1. The average Bonchev–Trinajstić information content (AvgIpc) is 3.14. The number of carbonyl (C=O) groups is 1. The molecule has 0 spiro atoms. The fourth-order valence-electron chi connectivity index (χ4n) is 3.03. The lowest BCUT2D eigenvalue weighted by molar-refractivity contribution is 0.102. The topological polar surface area (TPSA) is 77.7 Å². The minimum Gasteiger partial charge on any atom is -0.456 e. The average molecular weight is 445 g/mol. The zero-order valence-corrected chi connectivity index (χ0v) is 18.2. The number of alkyl halides is 1. The predicted molar refractivity (Wildman–Crippen MR) is 119 cm³/mol. The van der Waals surface area contributed by atoms with Gasteiger partial charge >= 0.3 is 0 Å². The first-order chi connectivity index (χ1) is 14.4. The molecule has 0 fully saturated rings. The summed E-state index contributed by atoms with van der Waals surface area (Å²) in [6.07, 6.45) is 5.50. The third-order valence-electron chi connectivity index (χ3n) is 4.36. The molecule has 0 amide bonds. The number of hydrogen-bond donors (Lipinski definition) is 0. The lowest BCUT2D eigenvalue weighted by Gasteiger charge is -2.10. The Morgan fingerprint density at radius 3 is 2.57 bits per heavy atom. The second-order valence-electron chi connectivity index (χ2n) is 6.40. The summed E-state index contributed by atoms with van der Waals surface area (Å²) >= 11 is 5.74. The number of ketones is 1. The van der Waals surface area contributed by atoms with Gasteiger partial charge in [0.25, 0.3) is 10.0 Å². The summed E-state index contributed by atoms with van der Waals surface area (Å²) < 4.78 is 33.5. The Morgan fingerprint density at radius 2 is 1.93 bits per heavy atom. The summed E-state index contributed by atoms with van der Waals surface area (Å²) in [5, 5.41) is 0.484. The van der Waals surface area contributed by atoms with Crippen molar-refractivity contribution in [1.29, 1.82) is 0 Å². The maximum Gasteiger partial charge on any atom is 0.268 e. The van der Waals surface area contributed by atoms with Crippen LogP contribution in [-0.4, -0.2) is 37.3 Å². The first-order valence-electron chi connectivity index (χ1n) is 9.27. The van der Waals surface area contributed by atoms with Crippen molar-refractivity contribution in [2.24, 2.45) is 4.99 Å². The van der Waals surface area contributed by atoms with Crippen molar-refractivity contribution in [1.82, 2.24) is 3.97 Å². The second kappa shape index (κ2) is 9.28. The molecular weight excluding hydrogens is 424 g/mol. The molecule has 0 radical (unpaired) electrons. The predicted octanol–water partition coefficient (Wildman–Crippen LogP) is 4.67. The van der Waals surface area contributed by atoms with Crippen LogP contribution in [0.3, 0.4) is 0 Å². The normalized spacial score (nSPS) is 12.6. The van der Waals surface area contributed by atoms with Gasteiger partial charge < -0.3 is 4.74 Å². The third kappa shape index (κ3) is 4.32. The van der Waals surface area contributed by atoms with E-state index in [1.807, 2.05) is 13.0 Å². The molecule has 2 aromatic carbocycles. The van der Waals surface area contributed by atoms with Crippen LogP contribution in [0.5, 0.6) is 5.75 Å². The fourth-order valence-corrected chi connectivity index (χ4v) is 4.55. The zero-order valence-electron chi connectivity index (χ0n) is 16.6. The molecule has 0 saturated heterocycles. The van der Waals surface area contributed by atoms with Crippen LogP contribution in [0.15, 0.2) is 76.5 Å². The zero-order chi connectivity index (χ0) is 21.7. The first kappa shape index (κ1) is 21.8. The Bertz CT molecular complexity index is 1230. The van der Waals surface area contributed by atoms with Crippen molar-refractivity contribution in [2.75, 3.05) is 12.9 Å². The van der Waals surface area contributed by atoms with E-state index in [1.165, 1.54) is 18.3 Å². The molecule has 0 N–H and O–H groups in total. The van der Waals surface area contributed by atoms with Crippen molar-refractivity contribution in [2.45, 2.75) is 18.2 Å². The summed E-state index contributed by atoms with van der Waals surface area (Å²) in [6.45, 7) is 1.97. The highest BCUT2D eigenvalue weighted by Crippen LogP contribution is 2.30. The van der Waals surface area contributed by atoms with E-state index in [2.05, 4.69) is 4.99 Å². The second-order valence-corrected chi connectivity index (χ2v) is 8.48. The smallest absolute Gasteiger partial charge is 0.268 e. The molecular formula is C22H21ClN2O4S. The number of halogens is 1. The number of Topliss-reactive ketones (excluding diaryl/α,β-unsaturated/α-hetero) is 1. The largest absolute Gasteiger partial charge is 0.456 e. The van der Waals surface area contributed by atoms with Crippen LogP contribution in [0.2, 0.25) is 0 Å². The van der Waals surface area contributed by atoms with E-state index in [0.29, 0.717) is 22.4 Å². The van der Waals surface area contributed by atoms with Gasteiger partial charge in [0.15, 0.2) is 5.78 Å². The Kier molecular flexibility index (Phi) is 6.74. The number of fused-ring (bicyclic) bond motifs is 1. The summed E-state index contributed by atoms with van der Waals surface area (Å²) in [4.78, 5) is 16.4. The number of benzene rings is 2. The summed E-state index contributed by atoms with van der Waals surface area (Å²) in [5.41, 5.74) is 0.569. The van der Waals surface area contributed by atoms with Crippen LogP contribution in [0.4, 0.5) is 0 Å². The third-order valence-corrected chi connectivity index (χ3v) is 6.29. The van der Waals surface area contributed by atoms with Gasteiger partial charge in [-0.15, -0.1) is 11.6 Å². The molecule has 8 heteroatoms. The van der Waals surface area contributed by atoms with Crippen molar-refractivity contribution in [3.8, 4) is 5.75 Å². The van der Waals surface area contributed by atoms with E-state index in [9.17, 15) is 13.2 Å². The number of rotatable bonds is 8. The van der Waals surface area contributed by atoms with E-state index in [-0.39, 0.29) is 22.1 Å². The maximum absolute atomic E-state index is 13.3. The van der Waals surface area contributed by atoms with Crippen LogP contribution >= 0.6 is 11.6 Å². The van der Waals surface area contributed by atoms with Gasteiger partial charge in [-0.1, -0.05) is 25.1 Å². The molecule has 6 nitrogen and oxygen atoms in total. The molecule has 0 unspecified atom stereocenters. The first-order valence-corrected chi connectivity index (χ1v) is 11.2. The number of nitrogens with zero attached hydrogens (tertiary/aromatic N) is 2. The number of aromatic nitrogens is 1. The van der Waals surface area contributed by atoms with Crippen molar-refractivity contribution < 1.29 is 17.9 Å². The molecule has 3 rings (SSSR count). The van der Waals surface area contributed by atoms with Crippen LogP contribution < -0.4 is 4.74 Å². The standard InChI is InChI=1S/C22H21ClN2O4S/c1-3-7-17(14-24-2)29-16-10-11-19-20(22(26)13-23)15-25(21(19)12-16)30(27,28)18-8-5-4-6-9-18/h4-12,14-15H,3,13H2,1-2H3/b17-7+,24-14?. The molecule has 0 bridgehead atoms. The number of ether oxygens (including phenoxy) is 1. The monoisotopic (exact) mass is 444 g/mol. The highest BCUT2D eigenvalue weighted by Gasteiger charge is 2.23. The van der Waals surface area contributed by atoms with Crippen LogP contribution in [-0.2, 0) is 10.0 Å². The highest BCUT2D eigenvalue weighted by atomic mass is 35.5. The lowest BCUT2D eigenvalue weighted by atomic mass is 10.1. The summed E-state index contributed by atoms with van der Waals surface area (Å²) in [5.74, 6) is 0.357. The van der Waals surface area contributed by atoms with E-state index < -0.39 is 10.0 Å². The van der Waals surface area contributed by atoms with Gasteiger partial charge in [0.1, 0.15) is 11.5 Å². The molecule has 0 aliphatic heterocycles. The molecule has 0 aliphatic carbocycles. The van der Waals surface area contributed by atoms with Gasteiger partial charge in [-0.2, -0.15) is 0 Å². The Hall–Kier alpha value is -2.90. The molecule has 0 aliphatic rings. The number of allylic oxidation sites excluding steroid dienone is 2. The van der Waals surface area contributed by atoms with Gasteiger partial charge in [-0.3, -0.25) is 9.79 Å². The van der Waals surface area contributed by atoms with Crippen molar-refractivity contribution in [3.05, 3.63) is 72.1 Å². The van der Waals surface area contributed by atoms with Gasteiger partial charge in [-0.25, -0.2) is 12.4 Å². The minimum atomic E-state index is -3.93. The minimum absolute atomic E-state index is 0.114. The highest BCUT2D eigenvalue weighted by molar-refractivity contribution is 7.90. The molecule has 3 aromatic rings. The van der Waals surface area contributed by atoms with Crippen LogP contribution in [0.25, 0.3) is 10.9 Å². The maximum atomic E-state index is 13.3. The van der Waals surface area contributed by atoms with E-state index in [4.69, 9.17) is 16.3 Å². The van der Waals surface area contributed by atoms with Gasteiger partial charge in [0.05, 0.1) is 22.5 Å². The van der Waals surface area contributed by atoms with E-state index in [0.717, 1.165) is 10.4 Å². The fraction of sp³-hybridized carbons (Fsp3) is 0.182. The van der Waals surface area contributed by atoms with Gasteiger partial charge in [0.2, 0.25) is 0 Å². The Balaban J connectivity index is 2.21. The molecule has 0 saturated carbocycles. The van der Waals surface area contributed by atoms with Crippen molar-refractivity contribution >= 4 is 44.5 Å². The summed E-state index contributed by atoms with van der Waals surface area (Å²) in [7, 11) is -2.29. The lowest BCUT2D eigenvalue weighted by Crippen LogP contribution is -2.12. The quantitative estimate of drug-likeness (QED) is 0.219. The van der Waals surface area contributed by atoms with Crippen LogP contribution in [0.1, 0.15) is 23.7 Å². The Morgan fingerprint density at radius 1 is 1.20 bits per heavy atom. The van der Waals surface area contributed by atoms with E-state index in [1.54, 1.807) is 49.7 Å². The number of aliphatic imine (C=N–C) groups is 1. The molecule has 156 valence electrons. The van der Waals surface area contributed by atoms with E-state index >= 15 is 0 Å². The van der Waals surface area contributed by atoms with Gasteiger partial charge in [0, 0.05) is 30.3 Å². The SMILES string of the molecule is CC/C=C(\C=NC)Oc1ccc2c(C(=O)CCl)cn(S(=O)(=O)c3ccccc3)c2c1. The molecule has 1 aromatic heterocycles. The Labute approximate surface area is 180 Å². The van der Waals surface area contributed by atoms with Crippen LogP contribution in [0, 0.1) is 0 Å². The molecule has 1 heterocycles. The molecule has 0 atom stereocenters. The molecule has 30 heavy (non-hydrogen) atoms.